The molecule has 3 aromatic carbocycles. The highest BCUT2D eigenvalue weighted by atomic mass is 32.2. The van der Waals surface area contributed by atoms with E-state index >= 15 is 0 Å². The van der Waals surface area contributed by atoms with E-state index in [1.807, 2.05) is 66.7 Å². The highest BCUT2D eigenvalue weighted by Gasteiger charge is 2.44. The van der Waals surface area contributed by atoms with E-state index in [0.29, 0.717) is 42.7 Å². The van der Waals surface area contributed by atoms with Gasteiger partial charge < -0.3 is 19.5 Å². The molecule has 1 aliphatic rings. The minimum Gasteiger partial charge on any atom is -0.493 e. The normalized spacial score (nSPS) is 17.2. The van der Waals surface area contributed by atoms with Gasteiger partial charge in [0.1, 0.15) is 28.5 Å². The second kappa shape index (κ2) is 11.3. The molecule has 6 nitrogen and oxygen atoms in total. The molecule has 0 aromatic heterocycles. The number of carbonyl (C=O) groups is 2. The molecule has 35 heavy (non-hydrogen) atoms. The second-order valence-electron chi connectivity index (χ2n) is 8.44. The molecule has 182 valence electrons. The van der Waals surface area contributed by atoms with E-state index in [1.54, 1.807) is 13.0 Å². The quantitative estimate of drug-likeness (QED) is 0.310. The Bertz CT molecular complexity index is 1180. The van der Waals surface area contributed by atoms with Crippen LogP contribution in [0.2, 0.25) is 0 Å². The van der Waals surface area contributed by atoms with Crippen molar-refractivity contribution >= 4 is 22.1 Å². The van der Waals surface area contributed by atoms with Crippen molar-refractivity contribution in [3.8, 4) is 23.0 Å². The number of hydrogen-bond donors (Lipinski definition) is 1. The van der Waals surface area contributed by atoms with Crippen molar-refractivity contribution in [2.45, 2.75) is 38.6 Å². The molecule has 1 N–H and O–H groups in total. The number of ether oxygens (including phenoxy) is 3. The Morgan fingerprint density at radius 2 is 1.63 bits per heavy atom. The fourth-order valence-corrected chi connectivity index (χ4v) is 4.63. The van der Waals surface area contributed by atoms with Crippen LogP contribution in [0.4, 0.5) is 4.79 Å². The Morgan fingerprint density at radius 3 is 2.37 bits per heavy atom. The lowest BCUT2D eigenvalue weighted by Gasteiger charge is -2.22. The van der Waals surface area contributed by atoms with Gasteiger partial charge in [-0.25, -0.2) is 0 Å². The number of aryl methyl sites for hydroxylation is 1. The van der Waals surface area contributed by atoms with E-state index < -0.39 is 5.54 Å². The fourth-order valence-electron chi connectivity index (χ4n) is 3.83. The Kier molecular flexibility index (Phi) is 7.98. The summed E-state index contributed by atoms with van der Waals surface area (Å²) in [7, 11) is 0. The van der Waals surface area contributed by atoms with Crippen molar-refractivity contribution in [1.82, 2.24) is 5.32 Å². The summed E-state index contributed by atoms with van der Waals surface area (Å²) in [4.78, 5) is 23.9. The summed E-state index contributed by atoms with van der Waals surface area (Å²) >= 11 is 0.702. The molecule has 1 heterocycles. The number of hydrogen-bond acceptors (Lipinski definition) is 6. The highest BCUT2D eigenvalue weighted by Crippen LogP contribution is 2.35. The van der Waals surface area contributed by atoms with Crippen LogP contribution in [0.25, 0.3) is 0 Å². The third kappa shape index (κ3) is 6.17. The van der Waals surface area contributed by atoms with Crippen LogP contribution < -0.4 is 19.5 Å². The number of rotatable bonds is 11. The average Bonchev–Trinajstić information content (AvgIpc) is 3.13. The zero-order valence-electron chi connectivity index (χ0n) is 19.9. The minimum absolute atomic E-state index is 0.212. The van der Waals surface area contributed by atoms with Gasteiger partial charge in [-0.05, 0) is 66.9 Å². The van der Waals surface area contributed by atoms with Crippen molar-refractivity contribution in [3.63, 3.8) is 0 Å². The van der Waals surface area contributed by atoms with Gasteiger partial charge in [-0.3, -0.25) is 9.59 Å². The summed E-state index contributed by atoms with van der Waals surface area (Å²) in [6, 6.07) is 22.9. The van der Waals surface area contributed by atoms with Crippen molar-refractivity contribution in [2.24, 2.45) is 0 Å². The third-order valence-corrected chi connectivity index (χ3v) is 6.58. The van der Waals surface area contributed by atoms with E-state index in [1.165, 1.54) is 0 Å². The Hall–Kier alpha value is -3.45. The molecule has 4 rings (SSSR count). The number of benzene rings is 3. The molecule has 1 atom stereocenters. The third-order valence-electron chi connectivity index (χ3n) is 5.70. The number of carbonyl (C=O) groups excluding carboxylic acids is 2. The maximum atomic E-state index is 12.3. The van der Waals surface area contributed by atoms with Gasteiger partial charge >= 0.3 is 0 Å². The van der Waals surface area contributed by atoms with Gasteiger partial charge in [-0.15, -0.1) is 0 Å². The topological polar surface area (TPSA) is 73.9 Å². The van der Waals surface area contributed by atoms with Gasteiger partial charge in [0.25, 0.3) is 5.24 Å². The molecule has 1 unspecified atom stereocenters. The monoisotopic (exact) mass is 491 g/mol. The molecule has 0 bridgehead atoms. The van der Waals surface area contributed by atoms with Crippen LogP contribution in [0, 0.1) is 0 Å². The summed E-state index contributed by atoms with van der Waals surface area (Å²) in [5.74, 6) is 3.10. The Labute approximate surface area is 210 Å². The van der Waals surface area contributed by atoms with E-state index in [4.69, 9.17) is 14.2 Å². The van der Waals surface area contributed by atoms with Crippen LogP contribution in [0.15, 0.2) is 72.8 Å². The molecule has 0 radical (unpaired) electrons. The number of thioether (sulfide) groups is 1. The van der Waals surface area contributed by atoms with E-state index in [0.717, 1.165) is 35.7 Å². The van der Waals surface area contributed by atoms with Gasteiger partial charge in [0.05, 0.1) is 13.2 Å². The first-order chi connectivity index (χ1) is 17.0. The largest absolute Gasteiger partial charge is 0.493 e. The maximum absolute atomic E-state index is 12.3. The van der Waals surface area contributed by atoms with Crippen LogP contribution in [0.1, 0.15) is 37.8 Å². The summed E-state index contributed by atoms with van der Waals surface area (Å²) < 4.78 is 17.9. The van der Waals surface area contributed by atoms with Crippen LogP contribution in [0.5, 0.6) is 23.0 Å². The van der Waals surface area contributed by atoms with Crippen molar-refractivity contribution < 1.29 is 23.8 Å². The van der Waals surface area contributed by atoms with Crippen molar-refractivity contribution in [3.05, 3.63) is 83.9 Å². The lowest BCUT2D eigenvalue weighted by atomic mass is 9.93. The summed E-state index contributed by atoms with van der Waals surface area (Å²) in [6.45, 7) is 4.83. The average molecular weight is 492 g/mol. The van der Waals surface area contributed by atoms with Gasteiger partial charge in [0.2, 0.25) is 5.12 Å². The van der Waals surface area contributed by atoms with E-state index in [9.17, 15) is 9.59 Å². The van der Waals surface area contributed by atoms with Gasteiger partial charge in [-0.2, -0.15) is 0 Å². The maximum Gasteiger partial charge on any atom is 0.287 e. The van der Waals surface area contributed by atoms with Gasteiger partial charge in [0, 0.05) is 18.2 Å². The Balaban J connectivity index is 1.30. The summed E-state index contributed by atoms with van der Waals surface area (Å²) in [6.07, 6.45) is 2.60. The van der Waals surface area contributed by atoms with Crippen LogP contribution in [0.3, 0.4) is 0 Å². The molecule has 3 aromatic rings. The first kappa shape index (κ1) is 24.7. The van der Waals surface area contributed by atoms with Crippen LogP contribution >= 0.6 is 11.8 Å². The lowest BCUT2D eigenvalue weighted by Crippen LogP contribution is -2.39. The minimum atomic E-state index is -1.03. The fraction of sp³-hybridized carbons (Fsp3) is 0.286. The second-order valence-corrected chi connectivity index (χ2v) is 9.39. The zero-order valence-corrected chi connectivity index (χ0v) is 20.7. The summed E-state index contributed by atoms with van der Waals surface area (Å²) in [5, 5.41) is 2.20. The Morgan fingerprint density at radius 1 is 0.857 bits per heavy atom. The number of amides is 1. The number of para-hydroxylation sites is 1. The van der Waals surface area contributed by atoms with E-state index in [2.05, 4.69) is 12.2 Å². The molecule has 0 aliphatic carbocycles. The van der Waals surface area contributed by atoms with Gasteiger partial charge in [0.15, 0.2) is 0 Å². The summed E-state index contributed by atoms with van der Waals surface area (Å²) in [5.41, 5.74) is 0.789. The standard InChI is InChI=1S/C28H29NO5S/c1-3-9-20-18-24(34-22-11-5-4-6-12-22)14-15-25(20)33-17-8-16-32-23-13-7-10-21(19-23)28(2)26(30)35-27(31)29-28/h4-7,10-15,18-19H,3,8-9,16-17H2,1-2H3,(H,29,31). The van der Waals surface area contributed by atoms with Crippen molar-refractivity contribution in [2.75, 3.05) is 13.2 Å². The van der Waals surface area contributed by atoms with Gasteiger partial charge in [-0.1, -0.05) is 43.7 Å². The molecule has 1 aliphatic heterocycles. The van der Waals surface area contributed by atoms with E-state index in [-0.39, 0.29) is 10.4 Å². The predicted molar refractivity (Wildman–Crippen MR) is 137 cm³/mol. The highest BCUT2D eigenvalue weighted by molar-refractivity contribution is 8.26. The first-order valence-electron chi connectivity index (χ1n) is 11.7. The molecular weight excluding hydrogens is 462 g/mol. The molecule has 1 amide bonds. The predicted octanol–water partition coefficient (Wildman–Crippen LogP) is 6.48. The zero-order chi connectivity index (χ0) is 24.7. The SMILES string of the molecule is CCCc1cc(Oc2ccccc2)ccc1OCCCOc1cccc(C2(C)NC(=O)SC2=O)c1. The van der Waals surface area contributed by atoms with Crippen molar-refractivity contribution in [1.29, 1.82) is 0 Å². The van der Waals surface area contributed by atoms with Crippen LogP contribution in [-0.2, 0) is 16.8 Å². The molecule has 0 spiro atoms. The smallest absolute Gasteiger partial charge is 0.287 e. The first-order valence-corrected chi connectivity index (χ1v) is 12.6. The molecule has 0 saturated carbocycles. The molecule has 1 fully saturated rings. The van der Waals surface area contributed by atoms with Crippen LogP contribution in [-0.4, -0.2) is 23.6 Å². The number of nitrogens with one attached hydrogen (secondary N) is 1. The molecular formula is C28H29NO5S. The molecule has 7 heteroatoms. The lowest BCUT2D eigenvalue weighted by molar-refractivity contribution is -0.115. The molecule has 1 saturated heterocycles.